The summed E-state index contributed by atoms with van der Waals surface area (Å²) in [4.78, 5) is 18.5. The molecular formula is C15H26N4O2. The molecule has 0 unspecified atom stereocenters. The topological polar surface area (TPSA) is 91.5 Å². The van der Waals surface area contributed by atoms with Gasteiger partial charge in [0.15, 0.2) is 0 Å². The SMILES string of the molecule is CN(C(=O)c1cc(NN)nc(C(C)(C)C)c1)C(C)(C)CO. The Morgan fingerprint density at radius 1 is 1.33 bits per heavy atom. The van der Waals surface area contributed by atoms with Gasteiger partial charge < -0.3 is 15.4 Å². The quantitative estimate of drug-likeness (QED) is 0.578. The van der Waals surface area contributed by atoms with Crippen LogP contribution < -0.4 is 11.3 Å². The van der Waals surface area contributed by atoms with Crippen LogP contribution in [0.5, 0.6) is 0 Å². The summed E-state index contributed by atoms with van der Waals surface area (Å²) in [6, 6.07) is 3.38. The second-order valence-corrected chi connectivity index (χ2v) is 6.86. The number of hydrogen-bond acceptors (Lipinski definition) is 5. The van der Waals surface area contributed by atoms with Crippen LogP contribution in [-0.4, -0.2) is 40.1 Å². The number of likely N-dealkylation sites (N-methyl/N-ethyl adjacent to an activating group) is 1. The summed E-state index contributed by atoms with van der Waals surface area (Å²) in [5, 5.41) is 9.41. The molecule has 1 amide bonds. The van der Waals surface area contributed by atoms with Crippen LogP contribution in [0.4, 0.5) is 5.82 Å². The van der Waals surface area contributed by atoms with E-state index in [4.69, 9.17) is 5.84 Å². The molecule has 21 heavy (non-hydrogen) atoms. The first kappa shape index (κ1) is 17.4. The van der Waals surface area contributed by atoms with E-state index >= 15 is 0 Å². The van der Waals surface area contributed by atoms with Gasteiger partial charge in [0.2, 0.25) is 0 Å². The van der Waals surface area contributed by atoms with Crippen LogP contribution >= 0.6 is 0 Å². The predicted octanol–water partition coefficient (Wildman–Crippen LogP) is 1.51. The minimum absolute atomic E-state index is 0.117. The molecule has 0 aliphatic rings. The number of nitrogen functional groups attached to an aromatic ring is 1. The Hall–Kier alpha value is -1.66. The lowest BCUT2D eigenvalue weighted by atomic mass is 9.90. The van der Waals surface area contributed by atoms with E-state index in [2.05, 4.69) is 10.4 Å². The normalized spacial score (nSPS) is 12.2. The van der Waals surface area contributed by atoms with Gasteiger partial charge in [-0.2, -0.15) is 0 Å². The summed E-state index contributed by atoms with van der Waals surface area (Å²) < 4.78 is 0. The van der Waals surface area contributed by atoms with Crippen molar-refractivity contribution in [2.75, 3.05) is 19.1 Å². The number of amides is 1. The van der Waals surface area contributed by atoms with Gasteiger partial charge >= 0.3 is 0 Å². The lowest BCUT2D eigenvalue weighted by Crippen LogP contribution is -2.47. The van der Waals surface area contributed by atoms with Crippen LogP contribution in [0.15, 0.2) is 12.1 Å². The summed E-state index contributed by atoms with van der Waals surface area (Å²) >= 11 is 0. The van der Waals surface area contributed by atoms with Gasteiger partial charge in [0.25, 0.3) is 5.91 Å². The molecule has 6 heteroatoms. The van der Waals surface area contributed by atoms with Crippen LogP contribution in [0.1, 0.15) is 50.7 Å². The average molecular weight is 294 g/mol. The van der Waals surface area contributed by atoms with Crippen molar-refractivity contribution in [2.45, 2.75) is 45.6 Å². The molecular weight excluding hydrogens is 268 g/mol. The zero-order valence-electron chi connectivity index (χ0n) is 13.7. The second-order valence-electron chi connectivity index (χ2n) is 6.86. The number of rotatable bonds is 4. The smallest absolute Gasteiger partial charge is 0.254 e. The number of aliphatic hydroxyl groups is 1. The number of carbonyl (C=O) groups excluding carboxylic acids is 1. The lowest BCUT2D eigenvalue weighted by Gasteiger charge is -2.34. The zero-order chi connectivity index (χ0) is 16.4. The van der Waals surface area contributed by atoms with E-state index in [0.29, 0.717) is 11.4 Å². The van der Waals surface area contributed by atoms with Gasteiger partial charge in [-0.05, 0) is 26.0 Å². The van der Waals surface area contributed by atoms with Crippen LogP contribution in [0.2, 0.25) is 0 Å². The van der Waals surface area contributed by atoms with Gasteiger partial charge in [-0.15, -0.1) is 0 Å². The Balaban J connectivity index is 3.27. The number of nitrogens with two attached hydrogens (primary N) is 1. The summed E-state index contributed by atoms with van der Waals surface area (Å²) in [5.41, 5.74) is 2.92. The van der Waals surface area contributed by atoms with Crippen molar-refractivity contribution in [1.29, 1.82) is 0 Å². The highest BCUT2D eigenvalue weighted by Gasteiger charge is 2.29. The third-order valence-corrected chi connectivity index (χ3v) is 3.59. The fourth-order valence-corrected chi connectivity index (χ4v) is 1.69. The van der Waals surface area contributed by atoms with E-state index in [-0.39, 0.29) is 17.9 Å². The van der Waals surface area contributed by atoms with Crippen LogP contribution in [-0.2, 0) is 5.41 Å². The van der Waals surface area contributed by atoms with Gasteiger partial charge in [0.1, 0.15) is 5.82 Å². The maximum atomic E-state index is 12.6. The molecule has 118 valence electrons. The number of pyridine rings is 1. The maximum Gasteiger partial charge on any atom is 0.254 e. The molecule has 1 heterocycles. The van der Waals surface area contributed by atoms with E-state index < -0.39 is 5.54 Å². The number of anilines is 1. The minimum Gasteiger partial charge on any atom is -0.394 e. The van der Waals surface area contributed by atoms with E-state index in [0.717, 1.165) is 5.69 Å². The van der Waals surface area contributed by atoms with Gasteiger partial charge in [-0.1, -0.05) is 20.8 Å². The third kappa shape index (κ3) is 3.92. The number of hydrazine groups is 1. The highest BCUT2D eigenvalue weighted by atomic mass is 16.3. The first-order chi connectivity index (χ1) is 9.52. The van der Waals surface area contributed by atoms with Crippen molar-refractivity contribution in [2.24, 2.45) is 5.84 Å². The van der Waals surface area contributed by atoms with Crippen LogP contribution in [0.3, 0.4) is 0 Å². The number of carbonyl (C=O) groups is 1. The zero-order valence-corrected chi connectivity index (χ0v) is 13.7. The van der Waals surface area contributed by atoms with Crippen molar-refractivity contribution in [3.63, 3.8) is 0 Å². The molecule has 1 aromatic heterocycles. The highest BCUT2D eigenvalue weighted by Crippen LogP contribution is 2.24. The molecule has 1 rings (SSSR count). The van der Waals surface area contributed by atoms with Gasteiger partial charge in [0, 0.05) is 23.7 Å². The molecule has 0 spiro atoms. The fraction of sp³-hybridized carbons (Fsp3) is 0.600. The maximum absolute atomic E-state index is 12.6. The molecule has 0 aromatic carbocycles. The molecule has 0 atom stereocenters. The molecule has 0 aliphatic carbocycles. The van der Waals surface area contributed by atoms with Crippen LogP contribution in [0, 0.1) is 0 Å². The van der Waals surface area contributed by atoms with E-state index in [1.165, 1.54) is 4.90 Å². The fourth-order valence-electron chi connectivity index (χ4n) is 1.69. The summed E-state index contributed by atoms with van der Waals surface area (Å²) in [5.74, 6) is 5.71. The Kier molecular flexibility index (Phi) is 4.96. The van der Waals surface area contributed by atoms with Crippen molar-refractivity contribution < 1.29 is 9.90 Å². The second kappa shape index (κ2) is 5.99. The number of aromatic nitrogens is 1. The van der Waals surface area contributed by atoms with Gasteiger partial charge in [-0.3, -0.25) is 4.79 Å². The molecule has 0 bridgehead atoms. The first-order valence-electron chi connectivity index (χ1n) is 6.91. The molecule has 0 saturated heterocycles. The summed E-state index contributed by atoms with van der Waals surface area (Å²) in [6.07, 6.45) is 0. The standard InChI is InChI=1S/C15H26N4O2/c1-14(2,3)11-7-10(8-12(17-11)18-16)13(21)19(6)15(4,5)9-20/h7-8,20H,9,16H2,1-6H3,(H,17,18). The molecule has 6 nitrogen and oxygen atoms in total. The number of hydrogen-bond donors (Lipinski definition) is 3. The van der Waals surface area contributed by atoms with Gasteiger partial charge in [0.05, 0.1) is 12.1 Å². The molecule has 0 saturated carbocycles. The predicted molar refractivity (Wildman–Crippen MR) is 84.0 cm³/mol. The summed E-state index contributed by atoms with van der Waals surface area (Å²) in [6.45, 7) is 9.55. The Labute approximate surface area is 126 Å². The number of aliphatic hydroxyl groups excluding tert-OH is 1. The van der Waals surface area contributed by atoms with E-state index in [1.807, 2.05) is 20.8 Å². The van der Waals surface area contributed by atoms with Gasteiger partial charge in [-0.25, -0.2) is 10.8 Å². The monoisotopic (exact) mass is 294 g/mol. The number of nitrogens with one attached hydrogen (secondary N) is 1. The highest BCUT2D eigenvalue weighted by molar-refractivity contribution is 5.95. The Morgan fingerprint density at radius 2 is 1.90 bits per heavy atom. The number of nitrogens with zero attached hydrogens (tertiary/aromatic N) is 2. The lowest BCUT2D eigenvalue weighted by molar-refractivity contribution is 0.0473. The van der Waals surface area contributed by atoms with Crippen LogP contribution in [0.25, 0.3) is 0 Å². The van der Waals surface area contributed by atoms with E-state index in [1.54, 1.807) is 33.0 Å². The molecule has 4 N–H and O–H groups in total. The van der Waals surface area contributed by atoms with Crippen molar-refractivity contribution in [1.82, 2.24) is 9.88 Å². The molecule has 1 aromatic rings. The molecule has 0 aliphatic heterocycles. The largest absolute Gasteiger partial charge is 0.394 e. The van der Waals surface area contributed by atoms with Crippen molar-refractivity contribution in [3.8, 4) is 0 Å². The summed E-state index contributed by atoms with van der Waals surface area (Å²) in [7, 11) is 1.67. The Morgan fingerprint density at radius 3 is 2.33 bits per heavy atom. The van der Waals surface area contributed by atoms with E-state index in [9.17, 15) is 9.90 Å². The molecule has 0 radical (unpaired) electrons. The first-order valence-corrected chi connectivity index (χ1v) is 6.91. The average Bonchev–Trinajstić information content (AvgIpc) is 2.44. The minimum atomic E-state index is -0.640. The molecule has 0 fully saturated rings. The van der Waals surface area contributed by atoms with Crippen molar-refractivity contribution in [3.05, 3.63) is 23.4 Å². The Bertz CT molecular complexity index is 521. The third-order valence-electron chi connectivity index (χ3n) is 3.59. The van der Waals surface area contributed by atoms with Crippen molar-refractivity contribution >= 4 is 11.7 Å².